The molecule has 0 bridgehead atoms. The highest BCUT2D eigenvalue weighted by Gasteiger charge is 2.38. The Morgan fingerprint density at radius 1 is 1.38 bits per heavy atom. The molecule has 2 N–H and O–H groups in total. The average molecular weight is 207 g/mol. The molecule has 0 heterocycles. The lowest BCUT2D eigenvalue weighted by Crippen LogP contribution is -2.42. The molecule has 8 heteroatoms. The fourth-order valence-corrected chi connectivity index (χ4v) is 0.390. The summed E-state index contributed by atoms with van der Waals surface area (Å²) in [5, 5.41) is 9.46. The van der Waals surface area contributed by atoms with Crippen molar-refractivity contribution in [2.45, 2.75) is 18.7 Å². The highest BCUT2D eigenvalue weighted by Crippen LogP contribution is 2.19. The van der Waals surface area contributed by atoms with Crippen LogP contribution in [0.4, 0.5) is 22.0 Å². The Hall–Kier alpha value is -0.920. The van der Waals surface area contributed by atoms with E-state index in [1.54, 1.807) is 0 Å². The monoisotopic (exact) mass is 207 g/mol. The number of aliphatic hydroxyl groups is 1. The number of carbonyl (C=O) groups is 1. The van der Waals surface area contributed by atoms with Crippen LogP contribution in [0.25, 0.3) is 0 Å². The van der Waals surface area contributed by atoms with Crippen LogP contribution < -0.4 is 5.32 Å². The van der Waals surface area contributed by atoms with Crippen LogP contribution >= 0.6 is 0 Å². The Balaban J connectivity index is 3.84. The summed E-state index contributed by atoms with van der Waals surface area (Å²) >= 11 is 0. The molecular weight excluding hydrogens is 201 g/mol. The van der Waals surface area contributed by atoms with Crippen LogP contribution in [0.3, 0.4) is 0 Å². The van der Waals surface area contributed by atoms with Gasteiger partial charge in [0.2, 0.25) is 0 Å². The molecule has 0 radical (unpaired) electrons. The van der Waals surface area contributed by atoms with Crippen LogP contribution in [0.5, 0.6) is 0 Å². The van der Waals surface area contributed by atoms with Crippen molar-refractivity contribution in [3.8, 4) is 0 Å². The second-order valence-electron chi connectivity index (χ2n) is 2.10. The topological polar surface area (TPSA) is 49.3 Å². The predicted molar refractivity (Wildman–Crippen MR) is 31.1 cm³/mol. The Kier molecular flexibility index (Phi) is 4.05. The first-order valence-electron chi connectivity index (χ1n) is 3.05. The van der Waals surface area contributed by atoms with E-state index in [-0.39, 0.29) is 0 Å². The molecule has 0 aromatic heterocycles. The number of halogens is 5. The zero-order valence-corrected chi connectivity index (χ0v) is 6.11. The molecule has 0 aromatic rings. The van der Waals surface area contributed by atoms with Crippen molar-refractivity contribution in [1.82, 2.24) is 5.32 Å². The third-order valence-electron chi connectivity index (χ3n) is 1.05. The van der Waals surface area contributed by atoms with Gasteiger partial charge in [-0.3, -0.25) is 4.79 Å². The van der Waals surface area contributed by atoms with Gasteiger partial charge in [-0.1, -0.05) is 0 Å². The lowest BCUT2D eigenvalue weighted by molar-refractivity contribution is -0.202. The van der Waals surface area contributed by atoms with Gasteiger partial charge in [-0.15, -0.1) is 0 Å². The Morgan fingerprint density at radius 3 is 2.15 bits per heavy atom. The smallest absolute Gasteiger partial charge is 0.382 e. The molecule has 13 heavy (non-hydrogen) atoms. The minimum absolute atomic E-state index is 1.23. The highest BCUT2D eigenvalue weighted by atomic mass is 19.4. The van der Waals surface area contributed by atoms with Crippen LogP contribution in [0.2, 0.25) is 0 Å². The maximum absolute atomic E-state index is 11.5. The van der Waals surface area contributed by atoms with Gasteiger partial charge in [0.15, 0.2) is 6.10 Å². The Labute approximate surface area is 69.5 Å². The third-order valence-corrected chi connectivity index (χ3v) is 1.05. The van der Waals surface area contributed by atoms with Gasteiger partial charge in [0.1, 0.15) is 0 Å². The first-order valence-corrected chi connectivity index (χ1v) is 3.05. The molecule has 1 unspecified atom stereocenters. The van der Waals surface area contributed by atoms with Gasteiger partial charge in [0, 0.05) is 0 Å². The lowest BCUT2D eigenvalue weighted by atomic mass is 10.3. The van der Waals surface area contributed by atoms with E-state index in [1.165, 1.54) is 5.32 Å². The predicted octanol–water partition coefficient (Wildman–Crippen LogP) is 0.291. The molecule has 0 rings (SSSR count). The summed E-state index contributed by atoms with van der Waals surface area (Å²) in [5.74, 6) is -1.84. The lowest BCUT2D eigenvalue weighted by Gasteiger charge is -2.14. The minimum atomic E-state index is -4.92. The molecule has 3 nitrogen and oxygen atoms in total. The van der Waals surface area contributed by atoms with E-state index >= 15 is 0 Å². The van der Waals surface area contributed by atoms with E-state index in [2.05, 4.69) is 0 Å². The second-order valence-corrected chi connectivity index (χ2v) is 2.10. The summed E-state index contributed by atoms with van der Waals surface area (Å²) in [6.07, 6.45) is -11.1. The van der Waals surface area contributed by atoms with Crippen molar-refractivity contribution in [1.29, 1.82) is 0 Å². The number of rotatable bonds is 3. The van der Waals surface area contributed by atoms with E-state index in [0.717, 1.165) is 0 Å². The fraction of sp³-hybridized carbons (Fsp3) is 0.800. The number of amides is 1. The maximum atomic E-state index is 11.5. The van der Waals surface area contributed by atoms with Crippen molar-refractivity contribution in [2.24, 2.45) is 0 Å². The van der Waals surface area contributed by atoms with Gasteiger partial charge in [-0.25, -0.2) is 0 Å². The van der Waals surface area contributed by atoms with Crippen LogP contribution in [0.1, 0.15) is 0 Å². The van der Waals surface area contributed by atoms with Gasteiger partial charge >= 0.3 is 12.6 Å². The van der Waals surface area contributed by atoms with E-state index < -0.39 is 31.2 Å². The largest absolute Gasteiger partial charge is 0.416 e. The van der Waals surface area contributed by atoms with Gasteiger partial charge in [0.25, 0.3) is 5.91 Å². The van der Waals surface area contributed by atoms with Crippen molar-refractivity contribution in [3.63, 3.8) is 0 Å². The van der Waals surface area contributed by atoms with Crippen LogP contribution in [0.15, 0.2) is 0 Å². The van der Waals surface area contributed by atoms with E-state index in [1.807, 2.05) is 0 Å². The number of nitrogens with one attached hydrogen (secondary N) is 1. The summed E-state index contributed by atoms with van der Waals surface area (Å²) in [7, 11) is 0. The molecular formula is C5H6F5NO2. The molecule has 0 saturated heterocycles. The number of aliphatic hydroxyl groups excluding tert-OH is 1. The summed E-state index contributed by atoms with van der Waals surface area (Å²) in [6, 6.07) is 0. The van der Waals surface area contributed by atoms with Crippen LogP contribution in [-0.4, -0.2) is 36.3 Å². The van der Waals surface area contributed by atoms with Gasteiger partial charge < -0.3 is 10.4 Å². The minimum Gasteiger partial charge on any atom is -0.382 e. The molecule has 0 fully saturated rings. The molecule has 78 valence electrons. The molecule has 0 spiro atoms. The van der Waals surface area contributed by atoms with E-state index in [4.69, 9.17) is 5.11 Å². The maximum Gasteiger partial charge on any atom is 0.416 e. The zero-order chi connectivity index (χ0) is 10.6. The van der Waals surface area contributed by atoms with Gasteiger partial charge in [-0.2, -0.15) is 22.0 Å². The van der Waals surface area contributed by atoms with Crippen molar-refractivity contribution in [3.05, 3.63) is 0 Å². The average Bonchev–Trinajstić information content (AvgIpc) is 1.97. The standard InChI is InChI=1S/C5H6F5NO2/c6-3(7)4(13)11-1-2(12)5(8,9)10/h2-3,12H,1H2,(H,11,13). The SMILES string of the molecule is O=C(NCC(O)C(F)(F)F)C(F)F. The normalized spacial score (nSPS) is 14.4. The van der Waals surface area contributed by atoms with Gasteiger partial charge in [-0.05, 0) is 0 Å². The number of hydrogen-bond acceptors (Lipinski definition) is 2. The second kappa shape index (κ2) is 4.35. The van der Waals surface area contributed by atoms with Gasteiger partial charge in [0.05, 0.1) is 6.54 Å². The molecule has 1 amide bonds. The summed E-state index contributed by atoms with van der Waals surface area (Å²) < 4.78 is 57.3. The first kappa shape index (κ1) is 12.1. The van der Waals surface area contributed by atoms with Crippen molar-refractivity contribution in [2.75, 3.05) is 6.54 Å². The molecule has 1 atom stereocenters. The van der Waals surface area contributed by atoms with Crippen molar-refractivity contribution < 1.29 is 31.9 Å². The number of carbonyl (C=O) groups excluding carboxylic acids is 1. The summed E-state index contributed by atoms with van der Waals surface area (Å²) in [5.41, 5.74) is 0. The first-order chi connectivity index (χ1) is 5.75. The highest BCUT2D eigenvalue weighted by molar-refractivity contribution is 5.79. The Bertz CT molecular complexity index is 180. The number of hydrogen-bond donors (Lipinski definition) is 2. The van der Waals surface area contributed by atoms with Crippen molar-refractivity contribution >= 4 is 5.91 Å². The zero-order valence-electron chi connectivity index (χ0n) is 6.11. The van der Waals surface area contributed by atoms with Crippen LogP contribution in [0, 0.1) is 0 Å². The third kappa shape index (κ3) is 4.61. The molecule has 0 aliphatic rings. The molecule has 0 aromatic carbocycles. The quantitative estimate of drug-likeness (QED) is 0.653. The Morgan fingerprint density at radius 2 is 1.85 bits per heavy atom. The molecule has 0 saturated carbocycles. The summed E-state index contributed by atoms with van der Waals surface area (Å²) in [6.45, 7) is -1.27. The molecule has 0 aliphatic heterocycles. The van der Waals surface area contributed by atoms with E-state index in [9.17, 15) is 26.7 Å². The van der Waals surface area contributed by atoms with E-state index in [0.29, 0.717) is 0 Å². The summed E-state index contributed by atoms with van der Waals surface area (Å²) in [4.78, 5) is 10.0. The number of alkyl halides is 5. The fourth-order valence-electron chi connectivity index (χ4n) is 0.390. The molecule has 0 aliphatic carbocycles. The van der Waals surface area contributed by atoms with Crippen LogP contribution in [-0.2, 0) is 4.79 Å².